The molecule has 1 saturated carbocycles. The van der Waals surface area contributed by atoms with Crippen LogP contribution >= 0.6 is 0 Å². The number of carbonyl (C=O) groups is 2. The molecule has 0 bridgehead atoms. The number of rotatable bonds is 6. The molecule has 0 aromatic heterocycles. The summed E-state index contributed by atoms with van der Waals surface area (Å²) in [5.41, 5.74) is -0.0823. The van der Waals surface area contributed by atoms with E-state index in [1.807, 2.05) is 18.7 Å². The number of carbonyl (C=O) groups excluding carboxylic acids is 2. The molecule has 0 aliphatic heterocycles. The predicted molar refractivity (Wildman–Crippen MR) is 76.8 cm³/mol. The molecule has 19 heavy (non-hydrogen) atoms. The van der Waals surface area contributed by atoms with Crippen LogP contribution in [0, 0.1) is 5.41 Å². The van der Waals surface area contributed by atoms with Gasteiger partial charge in [0.1, 0.15) is 0 Å². The Kier molecular flexibility index (Phi) is 5.83. The van der Waals surface area contributed by atoms with Crippen LogP contribution in [0.5, 0.6) is 0 Å². The van der Waals surface area contributed by atoms with Crippen LogP contribution in [-0.2, 0) is 9.59 Å². The SMILES string of the molecule is CCN(CC)C(=O)CC1(CC(=O)N(C)C)CCCC1. The zero-order valence-electron chi connectivity index (χ0n) is 12.9. The average molecular weight is 268 g/mol. The Hall–Kier alpha value is -1.06. The molecule has 0 spiro atoms. The lowest BCUT2D eigenvalue weighted by molar-refractivity contribution is -0.136. The van der Waals surface area contributed by atoms with Crippen molar-refractivity contribution in [1.82, 2.24) is 9.80 Å². The smallest absolute Gasteiger partial charge is 0.223 e. The van der Waals surface area contributed by atoms with Gasteiger partial charge in [0.15, 0.2) is 0 Å². The van der Waals surface area contributed by atoms with Crippen LogP contribution in [0.25, 0.3) is 0 Å². The minimum absolute atomic E-state index is 0.0823. The van der Waals surface area contributed by atoms with Crippen molar-refractivity contribution < 1.29 is 9.59 Å². The maximum Gasteiger partial charge on any atom is 0.223 e. The fourth-order valence-electron chi connectivity index (χ4n) is 3.03. The van der Waals surface area contributed by atoms with Crippen LogP contribution in [-0.4, -0.2) is 48.8 Å². The van der Waals surface area contributed by atoms with E-state index in [-0.39, 0.29) is 17.2 Å². The molecule has 0 aromatic carbocycles. The van der Waals surface area contributed by atoms with Crippen LogP contribution in [0.15, 0.2) is 0 Å². The van der Waals surface area contributed by atoms with Gasteiger partial charge in [0, 0.05) is 40.0 Å². The average Bonchev–Trinajstić information content (AvgIpc) is 2.78. The zero-order valence-corrected chi connectivity index (χ0v) is 12.9. The van der Waals surface area contributed by atoms with Gasteiger partial charge in [-0.15, -0.1) is 0 Å². The van der Waals surface area contributed by atoms with E-state index in [0.29, 0.717) is 12.8 Å². The summed E-state index contributed by atoms with van der Waals surface area (Å²) in [5.74, 6) is 0.354. The van der Waals surface area contributed by atoms with Gasteiger partial charge in [0.05, 0.1) is 0 Å². The Labute approximate surface area is 117 Å². The second-order valence-corrected chi connectivity index (χ2v) is 5.91. The van der Waals surface area contributed by atoms with Crippen LogP contribution < -0.4 is 0 Å². The lowest BCUT2D eigenvalue weighted by Gasteiger charge is -2.31. The molecule has 4 heteroatoms. The van der Waals surface area contributed by atoms with E-state index in [1.54, 1.807) is 19.0 Å². The van der Waals surface area contributed by atoms with Gasteiger partial charge in [-0.05, 0) is 32.1 Å². The van der Waals surface area contributed by atoms with Gasteiger partial charge in [0.2, 0.25) is 11.8 Å². The minimum Gasteiger partial charge on any atom is -0.349 e. The van der Waals surface area contributed by atoms with E-state index in [9.17, 15) is 9.59 Å². The first-order valence-corrected chi connectivity index (χ1v) is 7.42. The Bertz CT molecular complexity index is 316. The Morgan fingerprint density at radius 1 is 0.947 bits per heavy atom. The summed E-state index contributed by atoms with van der Waals surface area (Å²) >= 11 is 0. The van der Waals surface area contributed by atoms with E-state index in [4.69, 9.17) is 0 Å². The summed E-state index contributed by atoms with van der Waals surface area (Å²) in [7, 11) is 3.58. The van der Waals surface area contributed by atoms with Crippen molar-refractivity contribution in [2.24, 2.45) is 5.41 Å². The lowest BCUT2D eigenvalue weighted by atomic mass is 9.78. The summed E-state index contributed by atoms with van der Waals surface area (Å²) in [6.45, 7) is 5.53. The van der Waals surface area contributed by atoms with E-state index in [0.717, 1.165) is 38.8 Å². The summed E-state index contributed by atoms with van der Waals surface area (Å²) in [5, 5.41) is 0. The second kappa shape index (κ2) is 6.92. The van der Waals surface area contributed by atoms with E-state index < -0.39 is 0 Å². The molecule has 0 atom stereocenters. The minimum atomic E-state index is -0.0823. The molecule has 1 fully saturated rings. The van der Waals surface area contributed by atoms with Gasteiger partial charge in [-0.2, -0.15) is 0 Å². The highest BCUT2D eigenvalue weighted by atomic mass is 16.2. The third-order valence-corrected chi connectivity index (χ3v) is 4.33. The number of amides is 2. The van der Waals surface area contributed by atoms with Gasteiger partial charge in [-0.3, -0.25) is 9.59 Å². The van der Waals surface area contributed by atoms with Gasteiger partial charge in [0.25, 0.3) is 0 Å². The summed E-state index contributed by atoms with van der Waals surface area (Å²) < 4.78 is 0. The van der Waals surface area contributed by atoms with Crippen molar-refractivity contribution in [3.63, 3.8) is 0 Å². The van der Waals surface area contributed by atoms with Crippen molar-refractivity contribution in [2.75, 3.05) is 27.2 Å². The standard InChI is InChI=1S/C15H28N2O2/c1-5-17(6-2)14(19)12-15(9-7-8-10-15)11-13(18)16(3)4/h5-12H2,1-4H3. The molecule has 1 rings (SSSR count). The van der Waals surface area contributed by atoms with Gasteiger partial charge < -0.3 is 9.80 Å². The first-order valence-electron chi connectivity index (χ1n) is 7.42. The molecule has 110 valence electrons. The Morgan fingerprint density at radius 2 is 1.42 bits per heavy atom. The van der Waals surface area contributed by atoms with Crippen LogP contribution in [0.4, 0.5) is 0 Å². The monoisotopic (exact) mass is 268 g/mol. The Balaban J connectivity index is 2.71. The quantitative estimate of drug-likeness (QED) is 0.741. The fourth-order valence-corrected chi connectivity index (χ4v) is 3.03. The molecule has 2 amide bonds. The third kappa shape index (κ3) is 4.22. The maximum atomic E-state index is 12.3. The first kappa shape index (κ1) is 16.0. The Morgan fingerprint density at radius 3 is 1.84 bits per heavy atom. The van der Waals surface area contributed by atoms with Crippen LogP contribution in [0.3, 0.4) is 0 Å². The lowest BCUT2D eigenvalue weighted by Crippen LogP contribution is -2.37. The molecular weight excluding hydrogens is 240 g/mol. The summed E-state index contributed by atoms with van der Waals surface area (Å²) in [4.78, 5) is 27.8. The van der Waals surface area contributed by atoms with Crippen molar-refractivity contribution >= 4 is 11.8 Å². The van der Waals surface area contributed by atoms with Gasteiger partial charge in [-0.25, -0.2) is 0 Å². The molecule has 0 saturated heterocycles. The van der Waals surface area contributed by atoms with Crippen molar-refractivity contribution in [1.29, 1.82) is 0 Å². The number of nitrogens with zero attached hydrogens (tertiary/aromatic N) is 2. The molecule has 4 nitrogen and oxygen atoms in total. The highest BCUT2D eigenvalue weighted by Crippen LogP contribution is 2.44. The molecule has 0 aromatic rings. The normalized spacial score (nSPS) is 17.3. The van der Waals surface area contributed by atoms with Crippen molar-refractivity contribution in [3.05, 3.63) is 0 Å². The molecule has 1 aliphatic carbocycles. The van der Waals surface area contributed by atoms with E-state index in [1.165, 1.54) is 0 Å². The van der Waals surface area contributed by atoms with Gasteiger partial charge >= 0.3 is 0 Å². The van der Waals surface area contributed by atoms with Gasteiger partial charge in [-0.1, -0.05) is 12.8 Å². The van der Waals surface area contributed by atoms with Crippen LogP contribution in [0.1, 0.15) is 52.4 Å². The highest BCUT2D eigenvalue weighted by molar-refractivity contribution is 5.80. The molecule has 0 unspecified atom stereocenters. The highest BCUT2D eigenvalue weighted by Gasteiger charge is 2.38. The number of hydrogen-bond acceptors (Lipinski definition) is 2. The number of hydrogen-bond donors (Lipinski definition) is 0. The van der Waals surface area contributed by atoms with E-state index >= 15 is 0 Å². The first-order chi connectivity index (χ1) is 8.94. The predicted octanol–water partition coefficient (Wildman–Crippen LogP) is 2.28. The maximum absolute atomic E-state index is 12.3. The molecular formula is C15H28N2O2. The van der Waals surface area contributed by atoms with Crippen molar-refractivity contribution in [2.45, 2.75) is 52.4 Å². The molecule has 1 aliphatic rings. The van der Waals surface area contributed by atoms with Crippen molar-refractivity contribution in [3.8, 4) is 0 Å². The van der Waals surface area contributed by atoms with Crippen LogP contribution in [0.2, 0.25) is 0 Å². The largest absolute Gasteiger partial charge is 0.349 e. The second-order valence-electron chi connectivity index (χ2n) is 5.91. The third-order valence-electron chi connectivity index (χ3n) is 4.33. The topological polar surface area (TPSA) is 40.6 Å². The summed E-state index contributed by atoms with van der Waals surface area (Å²) in [6.07, 6.45) is 5.37. The van der Waals surface area contributed by atoms with E-state index in [2.05, 4.69) is 0 Å². The molecule has 0 radical (unpaired) electrons. The summed E-state index contributed by atoms with van der Waals surface area (Å²) in [6, 6.07) is 0. The zero-order chi connectivity index (χ0) is 14.5. The molecule has 0 N–H and O–H groups in total. The molecule has 0 heterocycles. The fraction of sp³-hybridized carbons (Fsp3) is 0.867.